The lowest BCUT2D eigenvalue weighted by atomic mass is 10.1. The van der Waals surface area contributed by atoms with Crippen molar-refractivity contribution < 1.29 is 14.5 Å². The molecule has 0 unspecified atom stereocenters. The number of nitrogens with zero attached hydrogens (tertiary/aromatic N) is 1. The molecule has 2 rings (SSSR count). The van der Waals surface area contributed by atoms with E-state index >= 15 is 0 Å². The summed E-state index contributed by atoms with van der Waals surface area (Å²) in [7, 11) is 0. The minimum atomic E-state index is -0.562. The first kappa shape index (κ1) is 20.3. The van der Waals surface area contributed by atoms with Crippen LogP contribution in [-0.2, 0) is 11.2 Å². The molecule has 8 nitrogen and oxygen atoms in total. The molecule has 0 aliphatic heterocycles. The molecule has 2 aromatic carbocycles. The monoisotopic (exact) mass is 406 g/mol. The Morgan fingerprint density at radius 1 is 1.07 bits per heavy atom. The van der Waals surface area contributed by atoms with Crippen molar-refractivity contribution in [1.29, 1.82) is 0 Å². The Bertz CT molecular complexity index is 873. The third-order valence-corrected chi connectivity index (χ3v) is 4.03. The molecule has 0 heterocycles. The number of nitro groups is 1. The van der Waals surface area contributed by atoms with Crippen LogP contribution in [0.2, 0.25) is 5.02 Å². The number of carbonyl (C=O) groups is 2. The second-order valence-electron chi connectivity index (χ2n) is 5.35. The number of non-ortho nitro benzene ring substituents is 1. The van der Waals surface area contributed by atoms with Crippen molar-refractivity contribution in [2.75, 3.05) is 0 Å². The Kier molecular flexibility index (Phi) is 7.21. The average molecular weight is 407 g/mol. The Hall–Kier alpha value is -3.04. The predicted octanol–water partition coefficient (Wildman–Crippen LogP) is 2.52. The fraction of sp³-hybridized carbons (Fsp3) is 0.118. The van der Waals surface area contributed by atoms with Crippen molar-refractivity contribution in [1.82, 2.24) is 16.2 Å². The summed E-state index contributed by atoms with van der Waals surface area (Å²) in [6.07, 6.45) is 0.616. The fourth-order valence-electron chi connectivity index (χ4n) is 2.09. The van der Waals surface area contributed by atoms with Gasteiger partial charge in [-0.05, 0) is 42.4 Å². The zero-order chi connectivity index (χ0) is 19.8. The van der Waals surface area contributed by atoms with Crippen molar-refractivity contribution in [2.24, 2.45) is 0 Å². The molecule has 3 N–H and O–H groups in total. The van der Waals surface area contributed by atoms with E-state index in [2.05, 4.69) is 16.2 Å². The lowest BCUT2D eigenvalue weighted by Gasteiger charge is -2.11. The number of thiocarbonyl (C=S) groups is 1. The molecule has 2 amide bonds. The molecule has 0 saturated heterocycles. The van der Waals surface area contributed by atoms with E-state index < -0.39 is 10.8 Å². The molecule has 10 heteroatoms. The van der Waals surface area contributed by atoms with Crippen LogP contribution in [0.1, 0.15) is 22.3 Å². The zero-order valence-electron chi connectivity index (χ0n) is 13.9. The zero-order valence-corrected chi connectivity index (χ0v) is 15.5. The van der Waals surface area contributed by atoms with Gasteiger partial charge in [0.1, 0.15) is 0 Å². The molecule has 0 aliphatic rings. The summed E-state index contributed by atoms with van der Waals surface area (Å²) < 4.78 is 0. The first-order chi connectivity index (χ1) is 12.9. The van der Waals surface area contributed by atoms with Crippen LogP contribution in [0.3, 0.4) is 0 Å². The third kappa shape index (κ3) is 6.32. The van der Waals surface area contributed by atoms with Crippen molar-refractivity contribution in [3.63, 3.8) is 0 Å². The molecule has 0 saturated carbocycles. The summed E-state index contributed by atoms with van der Waals surface area (Å²) >= 11 is 11.0. The van der Waals surface area contributed by atoms with Gasteiger partial charge < -0.3 is 5.32 Å². The third-order valence-electron chi connectivity index (χ3n) is 3.46. The number of aryl methyl sites for hydroxylation is 1. The summed E-state index contributed by atoms with van der Waals surface area (Å²) in [5.74, 6) is -0.894. The van der Waals surface area contributed by atoms with Gasteiger partial charge in [-0.15, -0.1) is 0 Å². The molecule has 0 bridgehead atoms. The number of hydrazine groups is 1. The minimum Gasteiger partial charge on any atom is -0.302 e. The molecule has 0 radical (unpaired) electrons. The molecule has 27 heavy (non-hydrogen) atoms. The number of benzene rings is 2. The Balaban J connectivity index is 1.76. The lowest BCUT2D eigenvalue weighted by Crippen LogP contribution is -2.48. The normalized spacial score (nSPS) is 9.96. The maximum Gasteiger partial charge on any atom is 0.269 e. The number of halogens is 1. The van der Waals surface area contributed by atoms with Gasteiger partial charge in [0.25, 0.3) is 11.6 Å². The maximum absolute atomic E-state index is 11.9. The van der Waals surface area contributed by atoms with Gasteiger partial charge in [0, 0.05) is 29.1 Å². The van der Waals surface area contributed by atoms with Crippen LogP contribution in [0.4, 0.5) is 5.69 Å². The topological polar surface area (TPSA) is 113 Å². The van der Waals surface area contributed by atoms with Gasteiger partial charge in [-0.3, -0.25) is 30.6 Å². The SMILES string of the molecule is O=C(CCc1ccccc1Cl)NC(=S)NNC(=O)c1ccc([N+](=O)[O-])cc1. The van der Waals surface area contributed by atoms with Crippen molar-refractivity contribution in [3.05, 3.63) is 74.8 Å². The predicted molar refractivity (Wildman–Crippen MR) is 104 cm³/mol. The number of carbonyl (C=O) groups excluding carboxylic acids is 2. The van der Waals surface area contributed by atoms with Gasteiger partial charge in [0.2, 0.25) is 5.91 Å². The Morgan fingerprint density at radius 2 is 1.74 bits per heavy atom. The molecular formula is C17H15ClN4O4S. The van der Waals surface area contributed by atoms with E-state index in [1.54, 1.807) is 12.1 Å². The van der Waals surface area contributed by atoms with Gasteiger partial charge in [0.05, 0.1) is 4.92 Å². The van der Waals surface area contributed by atoms with Gasteiger partial charge in [0.15, 0.2) is 5.11 Å². The highest BCUT2D eigenvalue weighted by Gasteiger charge is 2.11. The minimum absolute atomic E-state index is 0.0746. The summed E-state index contributed by atoms with van der Waals surface area (Å²) in [6.45, 7) is 0. The van der Waals surface area contributed by atoms with E-state index in [-0.39, 0.29) is 28.7 Å². The molecule has 0 aliphatic carbocycles. The number of nitrogens with one attached hydrogen (secondary N) is 3. The van der Waals surface area contributed by atoms with E-state index in [0.29, 0.717) is 11.4 Å². The van der Waals surface area contributed by atoms with Crippen molar-refractivity contribution in [3.8, 4) is 0 Å². The summed E-state index contributed by atoms with van der Waals surface area (Å²) in [5.41, 5.74) is 5.62. The largest absolute Gasteiger partial charge is 0.302 e. The van der Waals surface area contributed by atoms with Gasteiger partial charge >= 0.3 is 0 Å². The van der Waals surface area contributed by atoms with Gasteiger partial charge in [-0.1, -0.05) is 29.8 Å². The van der Waals surface area contributed by atoms with E-state index in [9.17, 15) is 19.7 Å². The Labute approximate surface area is 165 Å². The van der Waals surface area contributed by atoms with Crippen LogP contribution in [0.25, 0.3) is 0 Å². The van der Waals surface area contributed by atoms with Crippen LogP contribution in [0.5, 0.6) is 0 Å². The van der Waals surface area contributed by atoms with Crippen LogP contribution in [-0.4, -0.2) is 21.9 Å². The number of amides is 2. The second-order valence-corrected chi connectivity index (χ2v) is 6.17. The highest BCUT2D eigenvalue weighted by atomic mass is 35.5. The number of hydrogen-bond donors (Lipinski definition) is 3. The highest BCUT2D eigenvalue weighted by molar-refractivity contribution is 7.80. The molecular weight excluding hydrogens is 392 g/mol. The molecule has 0 spiro atoms. The number of hydrogen-bond acceptors (Lipinski definition) is 5. The summed E-state index contributed by atoms with van der Waals surface area (Å²) in [5, 5.41) is 13.5. The highest BCUT2D eigenvalue weighted by Crippen LogP contribution is 2.16. The van der Waals surface area contributed by atoms with Gasteiger partial charge in [-0.2, -0.15) is 0 Å². The second kappa shape index (κ2) is 9.60. The van der Waals surface area contributed by atoms with E-state index in [1.807, 2.05) is 12.1 Å². The van der Waals surface area contributed by atoms with Crippen LogP contribution in [0.15, 0.2) is 48.5 Å². The molecule has 2 aromatic rings. The summed E-state index contributed by atoms with van der Waals surface area (Å²) in [4.78, 5) is 33.9. The quantitative estimate of drug-likeness (QED) is 0.399. The molecule has 0 fully saturated rings. The van der Waals surface area contributed by atoms with Crippen molar-refractivity contribution >= 4 is 46.4 Å². The average Bonchev–Trinajstić information content (AvgIpc) is 2.65. The van der Waals surface area contributed by atoms with Crippen LogP contribution < -0.4 is 16.2 Å². The number of rotatable bonds is 5. The molecule has 0 atom stereocenters. The lowest BCUT2D eigenvalue weighted by molar-refractivity contribution is -0.384. The Morgan fingerprint density at radius 3 is 2.37 bits per heavy atom. The number of nitro benzene ring substituents is 1. The van der Waals surface area contributed by atoms with Gasteiger partial charge in [-0.25, -0.2) is 0 Å². The summed E-state index contributed by atoms with van der Waals surface area (Å²) in [6, 6.07) is 12.2. The first-order valence-corrected chi connectivity index (χ1v) is 8.53. The van der Waals surface area contributed by atoms with E-state index in [1.165, 1.54) is 24.3 Å². The fourth-order valence-corrected chi connectivity index (χ4v) is 2.49. The van der Waals surface area contributed by atoms with Crippen molar-refractivity contribution in [2.45, 2.75) is 12.8 Å². The van der Waals surface area contributed by atoms with Crippen LogP contribution in [0, 0.1) is 10.1 Å². The maximum atomic E-state index is 11.9. The first-order valence-electron chi connectivity index (χ1n) is 7.75. The smallest absolute Gasteiger partial charge is 0.269 e. The van der Waals surface area contributed by atoms with E-state index in [4.69, 9.17) is 23.8 Å². The van der Waals surface area contributed by atoms with E-state index in [0.717, 1.165) is 5.56 Å². The van der Waals surface area contributed by atoms with Crippen LogP contribution >= 0.6 is 23.8 Å². The standard InChI is InChI=1S/C17H15ClN4O4S/c18-14-4-2-1-3-11(14)7-10-15(23)19-17(27)21-20-16(24)12-5-8-13(9-6-12)22(25)26/h1-6,8-9H,7,10H2,(H,20,24)(H2,19,21,23,27). The molecule has 140 valence electrons. The molecule has 0 aromatic heterocycles.